The number of carbonyl (C=O) groups is 1. The molecular weight excluding hydrogens is 412 g/mol. The van der Waals surface area contributed by atoms with Crippen LogP contribution in [0, 0.1) is 11.3 Å². The molecule has 2 heterocycles. The van der Waals surface area contributed by atoms with Gasteiger partial charge < -0.3 is 23.9 Å². The minimum atomic E-state index is -1.17. The molecule has 1 N–H and O–H groups in total. The molecule has 2 aromatic carbocycles. The number of hydrogen-bond acceptors (Lipinski definition) is 7. The normalized spacial score (nSPS) is 10.2. The highest BCUT2D eigenvalue weighted by atomic mass is 16.5. The molecule has 4 rings (SSSR count). The van der Waals surface area contributed by atoms with Crippen LogP contribution in [0.3, 0.4) is 0 Å². The van der Waals surface area contributed by atoms with Crippen LogP contribution in [0.4, 0.5) is 0 Å². The summed E-state index contributed by atoms with van der Waals surface area (Å²) in [6.45, 7) is 0. The first-order valence-corrected chi connectivity index (χ1v) is 9.33. The van der Waals surface area contributed by atoms with Gasteiger partial charge in [-0.15, -0.1) is 0 Å². The molecule has 0 bridgehead atoms. The summed E-state index contributed by atoms with van der Waals surface area (Å²) in [6.07, 6.45) is 5.10. The highest BCUT2D eigenvalue weighted by molar-refractivity contribution is 5.88. The zero-order valence-electron chi connectivity index (χ0n) is 16.8. The van der Waals surface area contributed by atoms with Gasteiger partial charge in [-0.05, 0) is 24.3 Å². The third-order valence-electron chi connectivity index (χ3n) is 4.38. The first kappa shape index (κ1) is 20.4. The van der Waals surface area contributed by atoms with Crippen LogP contribution in [0.1, 0.15) is 15.9 Å². The van der Waals surface area contributed by atoms with Crippen molar-refractivity contribution >= 4 is 5.97 Å². The van der Waals surface area contributed by atoms with Crippen molar-refractivity contribution in [3.05, 3.63) is 84.4 Å². The van der Waals surface area contributed by atoms with Gasteiger partial charge >= 0.3 is 5.97 Å². The predicted molar refractivity (Wildman–Crippen MR) is 113 cm³/mol. The van der Waals surface area contributed by atoms with Crippen LogP contribution in [0.2, 0.25) is 0 Å². The maximum Gasteiger partial charge on any atom is 0.336 e. The summed E-state index contributed by atoms with van der Waals surface area (Å²) in [5.41, 5.74) is 1.08. The van der Waals surface area contributed by atoms with E-state index in [0.717, 1.165) is 5.69 Å². The predicted octanol–water partition coefficient (Wildman–Crippen LogP) is 4.43. The van der Waals surface area contributed by atoms with E-state index in [0.29, 0.717) is 17.1 Å². The molecule has 2 aromatic heterocycles. The molecule has 0 amide bonds. The Morgan fingerprint density at radius 1 is 1.06 bits per heavy atom. The fourth-order valence-electron chi connectivity index (χ4n) is 2.89. The second kappa shape index (κ2) is 8.89. The number of imidazole rings is 1. The summed E-state index contributed by atoms with van der Waals surface area (Å²) >= 11 is 0. The van der Waals surface area contributed by atoms with Crippen LogP contribution in [-0.4, -0.2) is 32.7 Å². The second-order valence-electron chi connectivity index (χ2n) is 6.49. The molecule has 0 unspecified atom stereocenters. The summed E-state index contributed by atoms with van der Waals surface area (Å²) in [7, 11) is 1.46. The molecular formula is C23H16N4O5. The van der Waals surface area contributed by atoms with Crippen LogP contribution < -0.4 is 14.2 Å². The number of carboxylic acid groups (broad SMARTS) is 1. The minimum absolute atomic E-state index is 0.0260. The number of nitriles is 1. The Morgan fingerprint density at radius 2 is 1.88 bits per heavy atom. The fourth-order valence-corrected chi connectivity index (χ4v) is 2.89. The molecule has 0 aliphatic heterocycles. The molecule has 0 saturated carbocycles. The number of aromatic nitrogens is 3. The standard InChI is InChI=1S/C23H16N4O5/c1-30-19-6-5-15(13-24)9-20(19)32-22-11-16(23(28)29)10-21(26-22)31-18-4-2-3-17(12-18)27-8-7-25-14-27/h2-12,14H,1H3,(H,28,29). The van der Waals surface area contributed by atoms with Gasteiger partial charge in [0.1, 0.15) is 5.75 Å². The lowest BCUT2D eigenvalue weighted by atomic mass is 10.2. The van der Waals surface area contributed by atoms with E-state index in [1.165, 1.54) is 25.3 Å². The van der Waals surface area contributed by atoms with Crippen molar-refractivity contribution in [3.8, 4) is 40.8 Å². The lowest BCUT2D eigenvalue weighted by Crippen LogP contribution is -2.01. The monoisotopic (exact) mass is 428 g/mol. The van der Waals surface area contributed by atoms with Crippen molar-refractivity contribution in [2.24, 2.45) is 0 Å². The molecule has 9 nitrogen and oxygen atoms in total. The molecule has 0 aliphatic carbocycles. The molecule has 0 saturated heterocycles. The molecule has 0 aliphatic rings. The van der Waals surface area contributed by atoms with Gasteiger partial charge in [-0.2, -0.15) is 10.2 Å². The van der Waals surface area contributed by atoms with Gasteiger partial charge in [0.25, 0.3) is 0 Å². The van der Waals surface area contributed by atoms with Crippen LogP contribution in [0.15, 0.2) is 73.3 Å². The number of rotatable bonds is 7. The number of aromatic carboxylic acids is 1. The van der Waals surface area contributed by atoms with Crippen molar-refractivity contribution in [3.63, 3.8) is 0 Å². The molecule has 0 atom stereocenters. The topological polar surface area (TPSA) is 119 Å². The zero-order chi connectivity index (χ0) is 22.5. The van der Waals surface area contributed by atoms with E-state index in [9.17, 15) is 9.90 Å². The lowest BCUT2D eigenvalue weighted by molar-refractivity contribution is 0.0696. The number of hydrogen-bond donors (Lipinski definition) is 1. The van der Waals surface area contributed by atoms with Gasteiger partial charge in [-0.3, -0.25) is 0 Å². The number of pyridine rings is 1. The Kier molecular flexibility index (Phi) is 5.68. The van der Waals surface area contributed by atoms with Crippen molar-refractivity contribution in [2.45, 2.75) is 0 Å². The largest absolute Gasteiger partial charge is 0.493 e. The lowest BCUT2D eigenvalue weighted by Gasteiger charge is -2.12. The Balaban J connectivity index is 1.67. The number of ether oxygens (including phenoxy) is 3. The first-order chi connectivity index (χ1) is 15.6. The van der Waals surface area contributed by atoms with Crippen molar-refractivity contribution in [2.75, 3.05) is 7.11 Å². The zero-order valence-corrected chi connectivity index (χ0v) is 16.8. The molecule has 4 aromatic rings. The van der Waals surface area contributed by atoms with Crippen molar-refractivity contribution in [1.82, 2.24) is 14.5 Å². The first-order valence-electron chi connectivity index (χ1n) is 9.33. The molecule has 9 heteroatoms. The van der Waals surface area contributed by atoms with Gasteiger partial charge in [-0.25, -0.2) is 9.78 Å². The van der Waals surface area contributed by atoms with Gasteiger partial charge in [-0.1, -0.05) is 6.07 Å². The summed E-state index contributed by atoms with van der Waals surface area (Å²) in [4.78, 5) is 19.9. The molecule has 0 radical (unpaired) electrons. The summed E-state index contributed by atoms with van der Waals surface area (Å²) in [5.74, 6) is -0.151. The van der Waals surface area contributed by atoms with Gasteiger partial charge in [0, 0.05) is 36.7 Å². The molecule has 158 valence electrons. The number of carboxylic acids is 1. The maximum absolute atomic E-state index is 11.6. The average molecular weight is 428 g/mol. The SMILES string of the molecule is COc1ccc(C#N)cc1Oc1cc(C(=O)O)cc(Oc2cccc(-n3ccnc3)c2)n1. The smallest absolute Gasteiger partial charge is 0.336 e. The van der Waals surface area contributed by atoms with E-state index in [2.05, 4.69) is 9.97 Å². The Morgan fingerprint density at radius 3 is 2.56 bits per heavy atom. The Labute approximate surface area is 182 Å². The number of nitrogens with zero attached hydrogens (tertiary/aromatic N) is 4. The van der Waals surface area contributed by atoms with Crippen LogP contribution in [0.25, 0.3) is 5.69 Å². The van der Waals surface area contributed by atoms with E-state index in [4.69, 9.17) is 19.5 Å². The van der Waals surface area contributed by atoms with E-state index < -0.39 is 5.97 Å². The van der Waals surface area contributed by atoms with Crippen LogP contribution in [0.5, 0.6) is 29.0 Å². The quantitative estimate of drug-likeness (QED) is 0.459. The molecule has 32 heavy (non-hydrogen) atoms. The van der Waals surface area contributed by atoms with E-state index >= 15 is 0 Å². The van der Waals surface area contributed by atoms with E-state index in [-0.39, 0.29) is 23.1 Å². The summed E-state index contributed by atoms with van der Waals surface area (Å²) in [5, 5.41) is 18.6. The van der Waals surface area contributed by atoms with Gasteiger partial charge in [0.2, 0.25) is 11.8 Å². The third kappa shape index (κ3) is 4.49. The minimum Gasteiger partial charge on any atom is -0.493 e. The Hall–Kier alpha value is -4.84. The highest BCUT2D eigenvalue weighted by Crippen LogP contribution is 2.33. The fraction of sp³-hybridized carbons (Fsp3) is 0.0435. The maximum atomic E-state index is 11.6. The van der Waals surface area contributed by atoms with Crippen LogP contribution in [-0.2, 0) is 0 Å². The average Bonchev–Trinajstić information content (AvgIpc) is 3.34. The molecule has 0 fully saturated rings. The Bertz CT molecular complexity index is 1310. The van der Waals surface area contributed by atoms with Gasteiger partial charge in [0.15, 0.2) is 11.5 Å². The second-order valence-corrected chi connectivity index (χ2v) is 6.49. The van der Waals surface area contributed by atoms with Crippen molar-refractivity contribution in [1.29, 1.82) is 5.26 Å². The van der Waals surface area contributed by atoms with Gasteiger partial charge in [0.05, 0.1) is 36.3 Å². The summed E-state index contributed by atoms with van der Waals surface area (Å²) < 4.78 is 18.6. The number of methoxy groups -OCH3 is 1. The van der Waals surface area contributed by atoms with E-state index in [1.54, 1.807) is 53.6 Å². The summed E-state index contributed by atoms with van der Waals surface area (Å²) in [6, 6.07) is 16.3. The number of benzene rings is 2. The highest BCUT2D eigenvalue weighted by Gasteiger charge is 2.14. The van der Waals surface area contributed by atoms with E-state index in [1.807, 2.05) is 12.1 Å². The molecule has 0 spiro atoms. The third-order valence-corrected chi connectivity index (χ3v) is 4.38. The van der Waals surface area contributed by atoms with Crippen molar-refractivity contribution < 1.29 is 24.1 Å². The van der Waals surface area contributed by atoms with Crippen LogP contribution >= 0.6 is 0 Å².